The fraction of sp³-hybridized carbons (Fsp3) is 0.526. The fourth-order valence-electron chi connectivity index (χ4n) is 3.79. The molecule has 2 aromatic rings. The number of carbonyl (C=O) groups excluding carboxylic acids is 1. The SMILES string of the molecule is Cn1cnc2c1C(C(=O)NCC1CCC1)CN(Cc1ccccn1)C2. The standard InChI is InChI=1S/C19H25N5O/c1-23-13-22-17-12-24(10-15-7-2-3-8-20-15)11-16(18(17)23)19(25)21-9-14-5-4-6-14/h2-3,7-8,13-14,16H,4-6,9-12H2,1H3,(H,21,25). The molecule has 1 atom stereocenters. The minimum Gasteiger partial charge on any atom is -0.355 e. The van der Waals surface area contributed by atoms with Crippen LogP contribution in [-0.2, 0) is 24.9 Å². The maximum atomic E-state index is 12.9. The van der Waals surface area contributed by atoms with Gasteiger partial charge in [0, 0.05) is 39.4 Å². The highest BCUT2D eigenvalue weighted by Crippen LogP contribution is 2.29. The van der Waals surface area contributed by atoms with E-state index < -0.39 is 0 Å². The first-order valence-electron chi connectivity index (χ1n) is 9.11. The monoisotopic (exact) mass is 339 g/mol. The first kappa shape index (κ1) is 16.3. The Morgan fingerprint density at radius 1 is 1.32 bits per heavy atom. The average molecular weight is 339 g/mol. The molecule has 1 aliphatic heterocycles. The Balaban J connectivity index is 1.49. The van der Waals surface area contributed by atoms with Crippen LogP contribution in [0.5, 0.6) is 0 Å². The Morgan fingerprint density at radius 2 is 2.20 bits per heavy atom. The highest BCUT2D eigenvalue weighted by atomic mass is 16.1. The molecule has 0 aromatic carbocycles. The molecule has 1 fully saturated rings. The summed E-state index contributed by atoms with van der Waals surface area (Å²) in [6.45, 7) is 3.02. The van der Waals surface area contributed by atoms with E-state index in [2.05, 4.69) is 20.2 Å². The summed E-state index contributed by atoms with van der Waals surface area (Å²) in [7, 11) is 1.98. The first-order valence-corrected chi connectivity index (χ1v) is 9.11. The Kier molecular flexibility index (Phi) is 4.53. The third kappa shape index (κ3) is 3.44. The fourth-order valence-corrected chi connectivity index (χ4v) is 3.79. The lowest BCUT2D eigenvalue weighted by Crippen LogP contribution is -2.43. The second kappa shape index (κ2) is 6.96. The van der Waals surface area contributed by atoms with E-state index in [4.69, 9.17) is 0 Å². The zero-order chi connectivity index (χ0) is 17.2. The van der Waals surface area contributed by atoms with Gasteiger partial charge in [-0.25, -0.2) is 4.98 Å². The van der Waals surface area contributed by atoms with Gasteiger partial charge in [0.1, 0.15) is 0 Å². The Bertz CT molecular complexity index is 738. The summed E-state index contributed by atoms with van der Waals surface area (Å²) < 4.78 is 2.00. The molecule has 0 radical (unpaired) electrons. The molecule has 25 heavy (non-hydrogen) atoms. The highest BCUT2D eigenvalue weighted by molar-refractivity contribution is 5.84. The van der Waals surface area contributed by atoms with E-state index in [0.29, 0.717) is 12.5 Å². The van der Waals surface area contributed by atoms with E-state index in [1.165, 1.54) is 19.3 Å². The molecule has 6 nitrogen and oxygen atoms in total. The summed E-state index contributed by atoms with van der Waals surface area (Å²) in [5.74, 6) is 0.630. The third-order valence-electron chi connectivity index (χ3n) is 5.42. The van der Waals surface area contributed by atoms with Gasteiger partial charge in [0.15, 0.2) is 0 Å². The summed E-state index contributed by atoms with van der Waals surface area (Å²) in [6.07, 6.45) is 7.42. The van der Waals surface area contributed by atoms with Crippen LogP contribution in [0.3, 0.4) is 0 Å². The number of aryl methyl sites for hydroxylation is 1. The van der Waals surface area contributed by atoms with Gasteiger partial charge in [-0.05, 0) is 30.9 Å². The van der Waals surface area contributed by atoms with Crippen LogP contribution < -0.4 is 5.32 Å². The highest BCUT2D eigenvalue weighted by Gasteiger charge is 2.34. The number of nitrogens with one attached hydrogen (secondary N) is 1. The molecule has 4 rings (SSSR count). The van der Waals surface area contributed by atoms with E-state index >= 15 is 0 Å². The van der Waals surface area contributed by atoms with E-state index in [0.717, 1.165) is 36.7 Å². The summed E-state index contributed by atoms with van der Waals surface area (Å²) in [5, 5.41) is 3.17. The van der Waals surface area contributed by atoms with E-state index in [1.807, 2.05) is 42.3 Å². The predicted octanol–water partition coefficient (Wildman–Crippen LogP) is 1.83. The van der Waals surface area contributed by atoms with Crippen molar-refractivity contribution in [1.82, 2.24) is 24.8 Å². The van der Waals surface area contributed by atoms with Crippen molar-refractivity contribution in [3.8, 4) is 0 Å². The van der Waals surface area contributed by atoms with Crippen LogP contribution in [0.25, 0.3) is 0 Å². The number of pyridine rings is 1. The zero-order valence-corrected chi connectivity index (χ0v) is 14.7. The second-order valence-corrected chi connectivity index (χ2v) is 7.27. The molecule has 1 N–H and O–H groups in total. The molecule has 1 aliphatic carbocycles. The molecule has 132 valence electrons. The topological polar surface area (TPSA) is 63.1 Å². The molecule has 0 bridgehead atoms. The number of nitrogens with zero attached hydrogens (tertiary/aromatic N) is 4. The van der Waals surface area contributed by atoms with Gasteiger partial charge in [0.05, 0.1) is 29.3 Å². The van der Waals surface area contributed by atoms with Gasteiger partial charge in [0.25, 0.3) is 0 Å². The molecular weight excluding hydrogens is 314 g/mol. The second-order valence-electron chi connectivity index (χ2n) is 7.27. The number of imidazole rings is 1. The minimum absolute atomic E-state index is 0.127. The van der Waals surface area contributed by atoms with Gasteiger partial charge in [0.2, 0.25) is 5.91 Å². The van der Waals surface area contributed by atoms with E-state index in [1.54, 1.807) is 0 Å². The van der Waals surface area contributed by atoms with E-state index in [9.17, 15) is 4.79 Å². The van der Waals surface area contributed by atoms with Crippen LogP contribution in [0.4, 0.5) is 0 Å². The number of hydrogen-bond donors (Lipinski definition) is 1. The molecular formula is C19H25N5O. The summed E-state index contributed by atoms with van der Waals surface area (Å²) in [5.41, 5.74) is 3.09. The van der Waals surface area contributed by atoms with Crippen LogP contribution in [0.1, 0.15) is 42.3 Å². The molecule has 0 spiro atoms. The van der Waals surface area contributed by atoms with Crippen LogP contribution in [0, 0.1) is 5.92 Å². The molecule has 6 heteroatoms. The van der Waals surface area contributed by atoms with Gasteiger partial charge in [-0.2, -0.15) is 0 Å². The van der Waals surface area contributed by atoms with Crippen molar-refractivity contribution in [3.05, 3.63) is 47.8 Å². The zero-order valence-electron chi connectivity index (χ0n) is 14.7. The van der Waals surface area contributed by atoms with Crippen molar-refractivity contribution in [2.24, 2.45) is 13.0 Å². The van der Waals surface area contributed by atoms with Gasteiger partial charge in [-0.15, -0.1) is 0 Å². The summed E-state index contributed by atoms with van der Waals surface area (Å²) in [4.78, 5) is 24.1. The lowest BCUT2D eigenvalue weighted by atomic mass is 9.85. The Labute approximate surface area is 148 Å². The number of fused-ring (bicyclic) bond motifs is 1. The van der Waals surface area contributed by atoms with E-state index in [-0.39, 0.29) is 11.8 Å². The Hall–Kier alpha value is -2.21. The van der Waals surface area contributed by atoms with Crippen molar-refractivity contribution < 1.29 is 4.79 Å². The van der Waals surface area contributed by atoms with Crippen LogP contribution in [0.2, 0.25) is 0 Å². The number of hydrogen-bond acceptors (Lipinski definition) is 4. The van der Waals surface area contributed by atoms with Crippen molar-refractivity contribution >= 4 is 5.91 Å². The maximum absolute atomic E-state index is 12.9. The third-order valence-corrected chi connectivity index (χ3v) is 5.42. The van der Waals surface area contributed by atoms with Crippen molar-refractivity contribution in [2.75, 3.05) is 13.1 Å². The lowest BCUT2D eigenvalue weighted by Gasteiger charge is -2.33. The van der Waals surface area contributed by atoms with Crippen LogP contribution in [0.15, 0.2) is 30.7 Å². The molecule has 3 heterocycles. The lowest BCUT2D eigenvalue weighted by molar-refractivity contribution is -0.123. The van der Waals surface area contributed by atoms with Crippen molar-refractivity contribution in [2.45, 2.75) is 38.3 Å². The number of aromatic nitrogens is 3. The molecule has 2 aromatic heterocycles. The van der Waals surface area contributed by atoms with Gasteiger partial charge < -0.3 is 9.88 Å². The van der Waals surface area contributed by atoms with Crippen molar-refractivity contribution in [3.63, 3.8) is 0 Å². The van der Waals surface area contributed by atoms with Crippen LogP contribution >= 0.6 is 0 Å². The molecule has 2 aliphatic rings. The Morgan fingerprint density at radius 3 is 2.92 bits per heavy atom. The number of rotatable bonds is 5. The van der Waals surface area contributed by atoms with Gasteiger partial charge in [-0.3, -0.25) is 14.7 Å². The quantitative estimate of drug-likeness (QED) is 0.903. The number of amides is 1. The van der Waals surface area contributed by atoms with Gasteiger partial charge in [-0.1, -0.05) is 12.5 Å². The minimum atomic E-state index is -0.167. The molecule has 1 saturated carbocycles. The summed E-state index contributed by atoms with van der Waals surface area (Å²) in [6, 6.07) is 5.95. The maximum Gasteiger partial charge on any atom is 0.230 e. The number of carbonyl (C=O) groups is 1. The molecule has 0 saturated heterocycles. The van der Waals surface area contributed by atoms with Crippen molar-refractivity contribution in [1.29, 1.82) is 0 Å². The van der Waals surface area contributed by atoms with Gasteiger partial charge >= 0.3 is 0 Å². The average Bonchev–Trinajstić information content (AvgIpc) is 2.95. The predicted molar refractivity (Wildman–Crippen MR) is 94.7 cm³/mol. The normalized spacial score (nSPS) is 20.8. The smallest absolute Gasteiger partial charge is 0.230 e. The van der Waals surface area contributed by atoms with Crippen LogP contribution in [-0.4, -0.2) is 38.4 Å². The largest absolute Gasteiger partial charge is 0.355 e. The molecule has 1 unspecified atom stereocenters. The summed E-state index contributed by atoms with van der Waals surface area (Å²) >= 11 is 0. The molecule has 1 amide bonds. The first-order chi connectivity index (χ1) is 12.2.